The Kier molecular flexibility index (Phi) is 5.66. The Hall–Kier alpha value is -4.13. The summed E-state index contributed by atoms with van der Waals surface area (Å²) in [6.07, 6.45) is 1.66. The molecule has 0 radical (unpaired) electrons. The third-order valence-electron chi connectivity index (χ3n) is 4.85. The number of hydrogen-bond donors (Lipinski definition) is 2. The Morgan fingerprint density at radius 2 is 1.81 bits per heavy atom. The zero-order valence-corrected chi connectivity index (χ0v) is 16.7. The molecule has 6 nitrogen and oxygen atoms in total. The molecule has 0 aliphatic carbocycles. The van der Waals surface area contributed by atoms with Gasteiger partial charge in [0, 0.05) is 11.9 Å². The van der Waals surface area contributed by atoms with Gasteiger partial charge in [-0.15, -0.1) is 0 Å². The van der Waals surface area contributed by atoms with E-state index < -0.39 is 17.3 Å². The summed E-state index contributed by atoms with van der Waals surface area (Å²) in [5.41, 5.74) is 1.81. The number of anilines is 2. The minimum absolute atomic E-state index is 0.0139. The zero-order valence-electron chi connectivity index (χ0n) is 16.7. The molecule has 0 spiro atoms. The number of aromatic amines is 1. The Labute approximate surface area is 177 Å². The van der Waals surface area contributed by atoms with Gasteiger partial charge in [0.15, 0.2) is 5.78 Å². The summed E-state index contributed by atoms with van der Waals surface area (Å²) in [6, 6.07) is 20.6. The van der Waals surface area contributed by atoms with Crippen LogP contribution in [0.4, 0.5) is 15.8 Å². The fourth-order valence-electron chi connectivity index (χ4n) is 3.52. The molecule has 31 heavy (non-hydrogen) atoms. The molecule has 7 heteroatoms. The van der Waals surface area contributed by atoms with Crippen molar-refractivity contribution in [3.8, 4) is 0 Å². The number of carbonyl (C=O) groups excluding carboxylic acids is 1. The van der Waals surface area contributed by atoms with E-state index in [1.807, 2.05) is 42.5 Å². The highest BCUT2D eigenvalue weighted by molar-refractivity contribution is 6.01. The van der Waals surface area contributed by atoms with Crippen LogP contribution in [0.1, 0.15) is 40.2 Å². The van der Waals surface area contributed by atoms with E-state index in [4.69, 9.17) is 0 Å². The Bertz CT molecular complexity index is 1230. The van der Waals surface area contributed by atoms with Crippen molar-refractivity contribution in [2.75, 3.05) is 5.32 Å². The summed E-state index contributed by atoms with van der Waals surface area (Å²) in [4.78, 5) is 29.8. The number of nitrogens with zero attached hydrogens (tertiary/aromatic N) is 2. The molecule has 4 aromatic rings. The number of rotatable bonds is 6. The van der Waals surface area contributed by atoms with Crippen molar-refractivity contribution < 1.29 is 9.18 Å². The van der Waals surface area contributed by atoms with Crippen molar-refractivity contribution in [1.82, 2.24) is 15.2 Å². The zero-order chi connectivity index (χ0) is 21.8. The second kappa shape index (κ2) is 8.71. The van der Waals surface area contributed by atoms with E-state index in [1.54, 1.807) is 18.3 Å². The first kappa shape index (κ1) is 20.2. The minimum Gasteiger partial charge on any atom is -0.350 e. The van der Waals surface area contributed by atoms with Crippen molar-refractivity contribution in [1.29, 1.82) is 0 Å². The number of aromatic nitrogens is 3. The van der Waals surface area contributed by atoms with Crippen LogP contribution >= 0.6 is 0 Å². The van der Waals surface area contributed by atoms with Crippen LogP contribution in [-0.4, -0.2) is 21.0 Å². The molecule has 0 amide bonds. The second-order valence-corrected chi connectivity index (χ2v) is 6.98. The van der Waals surface area contributed by atoms with Crippen LogP contribution in [0, 0.1) is 5.82 Å². The highest BCUT2D eigenvalue weighted by Crippen LogP contribution is 2.33. The molecule has 2 aromatic heterocycles. The molecular weight excluding hydrogens is 395 g/mol. The van der Waals surface area contributed by atoms with Crippen LogP contribution in [0.25, 0.3) is 0 Å². The number of benzene rings is 2. The molecule has 0 aliphatic rings. The van der Waals surface area contributed by atoms with Crippen LogP contribution < -0.4 is 10.9 Å². The van der Waals surface area contributed by atoms with Gasteiger partial charge in [0.2, 0.25) is 0 Å². The summed E-state index contributed by atoms with van der Waals surface area (Å²) in [7, 11) is 0. The molecule has 0 aliphatic heterocycles. The van der Waals surface area contributed by atoms with E-state index in [0.717, 1.165) is 5.56 Å². The molecule has 2 N–H and O–H groups in total. The van der Waals surface area contributed by atoms with Gasteiger partial charge < -0.3 is 5.32 Å². The molecule has 1 atom stereocenters. The minimum atomic E-state index is -0.578. The first-order valence-corrected chi connectivity index (χ1v) is 9.66. The maximum absolute atomic E-state index is 13.7. The highest BCUT2D eigenvalue weighted by atomic mass is 19.1. The fourth-order valence-corrected chi connectivity index (χ4v) is 3.52. The van der Waals surface area contributed by atoms with Crippen molar-refractivity contribution in [2.45, 2.75) is 12.8 Å². The first-order valence-electron chi connectivity index (χ1n) is 9.66. The second-order valence-electron chi connectivity index (χ2n) is 6.98. The molecule has 0 saturated heterocycles. The lowest BCUT2D eigenvalue weighted by Gasteiger charge is -2.20. The third kappa shape index (κ3) is 4.25. The van der Waals surface area contributed by atoms with Crippen molar-refractivity contribution in [3.63, 3.8) is 0 Å². The third-order valence-corrected chi connectivity index (χ3v) is 4.85. The Morgan fingerprint density at radius 3 is 2.48 bits per heavy atom. The van der Waals surface area contributed by atoms with E-state index in [9.17, 15) is 14.0 Å². The average molecular weight is 414 g/mol. The summed E-state index contributed by atoms with van der Waals surface area (Å²) >= 11 is 0. The van der Waals surface area contributed by atoms with E-state index in [2.05, 4.69) is 20.5 Å². The van der Waals surface area contributed by atoms with E-state index >= 15 is 0 Å². The lowest BCUT2D eigenvalue weighted by atomic mass is 9.88. The van der Waals surface area contributed by atoms with Gasteiger partial charge in [-0.2, -0.15) is 5.10 Å². The largest absolute Gasteiger partial charge is 0.350 e. The molecule has 0 bridgehead atoms. The first-order chi connectivity index (χ1) is 15.0. The van der Waals surface area contributed by atoms with Crippen LogP contribution in [0.5, 0.6) is 0 Å². The van der Waals surface area contributed by atoms with Gasteiger partial charge in [0.05, 0.1) is 22.9 Å². The predicted octanol–water partition coefficient (Wildman–Crippen LogP) is 4.43. The van der Waals surface area contributed by atoms with Crippen LogP contribution in [0.3, 0.4) is 0 Å². The molecule has 4 rings (SSSR count). The fraction of sp³-hybridized carbons (Fsp3) is 0.0833. The van der Waals surface area contributed by atoms with E-state index in [0.29, 0.717) is 17.1 Å². The quantitative estimate of drug-likeness (QED) is 0.456. The molecule has 2 heterocycles. The summed E-state index contributed by atoms with van der Waals surface area (Å²) in [5, 5.41) is 9.63. The van der Waals surface area contributed by atoms with Crippen LogP contribution in [0.15, 0.2) is 83.8 Å². The highest BCUT2D eigenvalue weighted by Gasteiger charge is 2.28. The normalized spacial score (nSPS) is 11.7. The van der Waals surface area contributed by atoms with Gasteiger partial charge in [0.1, 0.15) is 11.5 Å². The molecular formula is C24H19FN4O2. The van der Waals surface area contributed by atoms with Crippen molar-refractivity contribution >= 4 is 17.2 Å². The van der Waals surface area contributed by atoms with Crippen LogP contribution in [-0.2, 0) is 0 Å². The number of pyridine rings is 1. The van der Waals surface area contributed by atoms with Crippen molar-refractivity contribution in [3.05, 3.63) is 118 Å². The maximum Gasteiger partial charge on any atom is 0.288 e. The van der Waals surface area contributed by atoms with Crippen molar-refractivity contribution in [2.24, 2.45) is 0 Å². The maximum atomic E-state index is 13.7. The molecule has 1 unspecified atom stereocenters. The molecule has 0 fully saturated rings. The van der Waals surface area contributed by atoms with Gasteiger partial charge >= 0.3 is 0 Å². The topological polar surface area (TPSA) is 87.7 Å². The predicted molar refractivity (Wildman–Crippen MR) is 116 cm³/mol. The average Bonchev–Trinajstić information content (AvgIpc) is 2.77. The SMILES string of the molecule is CC(=O)c1c(C(c2ccccc2)c2ccccn2)n[nH]c(=O)c1Nc1cccc(F)c1. The number of halogens is 1. The smallest absolute Gasteiger partial charge is 0.288 e. The lowest BCUT2D eigenvalue weighted by molar-refractivity contribution is 0.101. The number of hydrogen-bond acceptors (Lipinski definition) is 5. The summed E-state index contributed by atoms with van der Waals surface area (Å²) in [5.74, 6) is -1.30. The number of nitrogens with one attached hydrogen (secondary N) is 2. The number of ketones is 1. The lowest BCUT2D eigenvalue weighted by Crippen LogP contribution is -2.23. The van der Waals surface area contributed by atoms with E-state index in [1.165, 1.54) is 25.1 Å². The summed E-state index contributed by atoms with van der Waals surface area (Å²) < 4.78 is 13.7. The van der Waals surface area contributed by atoms with Crippen LogP contribution in [0.2, 0.25) is 0 Å². The number of carbonyl (C=O) groups is 1. The monoisotopic (exact) mass is 414 g/mol. The number of Topliss-reactive ketones (excluding diaryl/α,β-unsaturated/α-hetero) is 1. The van der Waals surface area contributed by atoms with Gasteiger partial charge in [-0.05, 0) is 42.8 Å². The summed E-state index contributed by atoms with van der Waals surface area (Å²) in [6.45, 7) is 1.37. The molecule has 154 valence electrons. The van der Waals surface area contributed by atoms with Gasteiger partial charge in [-0.1, -0.05) is 42.5 Å². The van der Waals surface area contributed by atoms with Gasteiger partial charge in [-0.3, -0.25) is 14.6 Å². The van der Waals surface area contributed by atoms with Gasteiger partial charge in [-0.25, -0.2) is 9.49 Å². The Balaban J connectivity index is 1.94. The number of H-pyrrole nitrogens is 1. The Morgan fingerprint density at radius 1 is 1.03 bits per heavy atom. The standard InChI is InChI=1S/C24H19FN4O2/c1-15(30)20-22(21(16-8-3-2-4-9-16)19-12-5-6-13-26-19)28-29-24(31)23(20)27-18-11-7-10-17(25)14-18/h2-14,21H,1H3,(H,27,28)(H,29,31). The van der Waals surface area contributed by atoms with Gasteiger partial charge in [0.25, 0.3) is 5.56 Å². The molecule has 2 aromatic carbocycles. The molecule has 0 saturated carbocycles. The van der Waals surface area contributed by atoms with E-state index in [-0.39, 0.29) is 17.0 Å².